The standard InChI is InChI=1S/C30H37NO5/c1-20(2)28-6-4-3-5-24(28)18-26(32)16-22-7-10-25-19-31(14-13-23(25)15-22)30(35)36-27-11-8-21(9-12-27)17-29(33)34/h3-7,10,15,20-21,27H,8-9,11-14,16-19H2,1-2H3,(H,33,34). The minimum atomic E-state index is -0.758. The van der Waals surface area contributed by atoms with Crippen LogP contribution in [0.15, 0.2) is 42.5 Å². The van der Waals surface area contributed by atoms with Crippen LogP contribution in [0, 0.1) is 5.92 Å². The fraction of sp³-hybridized carbons (Fsp3) is 0.500. The Morgan fingerprint density at radius 3 is 2.47 bits per heavy atom. The number of amides is 1. The molecule has 36 heavy (non-hydrogen) atoms. The molecule has 0 bridgehead atoms. The fourth-order valence-corrected chi connectivity index (χ4v) is 5.55. The van der Waals surface area contributed by atoms with Crippen LogP contribution in [-0.4, -0.2) is 40.5 Å². The summed E-state index contributed by atoms with van der Waals surface area (Å²) in [5.74, 6) is 0.0261. The molecular formula is C30H37NO5. The lowest BCUT2D eigenvalue weighted by Gasteiger charge is -2.32. The highest BCUT2D eigenvalue weighted by atomic mass is 16.6. The molecule has 0 radical (unpaired) electrons. The normalized spacial score (nSPS) is 19.6. The van der Waals surface area contributed by atoms with Crippen LogP contribution in [0.4, 0.5) is 4.79 Å². The van der Waals surface area contributed by atoms with E-state index in [1.54, 1.807) is 4.90 Å². The summed E-state index contributed by atoms with van der Waals surface area (Å²) in [5.41, 5.74) is 5.66. The molecule has 2 aromatic carbocycles. The van der Waals surface area contributed by atoms with Crippen molar-refractivity contribution in [3.63, 3.8) is 0 Å². The van der Waals surface area contributed by atoms with Crippen molar-refractivity contribution in [2.24, 2.45) is 5.92 Å². The fourth-order valence-electron chi connectivity index (χ4n) is 5.55. The van der Waals surface area contributed by atoms with E-state index in [1.807, 2.05) is 24.3 Å². The summed E-state index contributed by atoms with van der Waals surface area (Å²) < 4.78 is 5.75. The van der Waals surface area contributed by atoms with Gasteiger partial charge in [-0.05, 0) is 71.8 Å². The molecule has 6 heteroatoms. The largest absolute Gasteiger partial charge is 0.481 e. The van der Waals surface area contributed by atoms with Gasteiger partial charge in [-0.15, -0.1) is 0 Å². The Morgan fingerprint density at radius 1 is 1.00 bits per heavy atom. The molecule has 2 aliphatic rings. The van der Waals surface area contributed by atoms with Crippen LogP contribution in [0.1, 0.15) is 79.7 Å². The first kappa shape index (κ1) is 25.9. The lowest BCUT2D eigenvalue weighted by atomic mass is 9.85. The summed E-state index contributed by atoms with van der Waals surface area (Å²) in [4.78, 5) is 38.2. The van der Waals surface area contributed by atoms with E-state index in [4.69, 9.17) is 9.84 Å². The quantitative estimate of drug-likeness (QED) is 0.513. The highest BCUT2D eigenvalue weighted by Crippen LogP contribution is 2.30. The lowest BCUT2D eigenvalue weighted by molar-refractivity contribution is -0.138. The van der Waals surface area contributed by atoms with Gasteiger partial charge in [-0.3, -0.25) is 9.59 Å². The van der Waals surface area contributed by atoms with Crippen molar-refractivity contribution >= 4 is 17.8 Å². The van der Waals surface area contributed by atoms with Gasteiger partial charge in [-0.2, -0.15) is 0 Å². The molecule has 1 aliphatic carbocycles. The van der Waals surface area contributed by atoms with Crippen molar-refractivity contribution < 1.29 is 24.2 Å². The van der Waals surface area contributed by atoms with Gasteiger partial charge in [0.15, 0.2) is 0 Å². The number of carbonyl (C=O) groups is 3. The Hall–Kier alpha value is -3.15. The smallest absolute Gasteiger partial charge is 0.410 e. The van der Waals surface area contributed by atoms with E-state index >= 15 is 0 Å². The molecule has 1 amide bonds. The third-order valence-corrected chi connectivity index (χ3v) is 7.53. The average molecular weight is 492 g/mol. The zero-order valence-corrected chi connectivity index (χ0v) is 21.4. The Kier molecular flexibility index (Phi) is 8.44. The van der Waals surface area contributed by atoms with E-state index in [0.29, 0.717) is 31.8 Å². The first-order valence-corrected chi connectivity index (χ1v) is 13.2. The van der Waals surface area contributed by atoms with Crippen LogP contribution in [0.2, 0.25) is 0 Å². The van der Waals surface area contributed by atoms with E-state index in [9.17, 15) is 14.4 Å². The van der Waals surface area contributed by atoms with Crippen molar-refractivity contribution in [1.82, 2.24) is 4.90 Å². The second kappa shape index (κ2) is 11.7. The van der Waals surface area contributed by atoms with Gasteiger partial charge in [0, 0.05) is 32.4 Å². The molecule has 192 valence electrons. The van der Waals surface area contributed by atoms with Gasteiger partial charge in [-0.1, -0.05) is 56.3 Å². The number of hydrogen-bond donors (Lipinski definition) is 1. The number of nitrogens with zero attached hydrogens (tertiary/aromatic N) is 1. The van der Waals surface area contributed by atoms with Crippen molar-refractivity contribution in [2.45, 2.75) is 83.8 Å². The average Bonchev–Trinajstić information content (AvgIpc) is 2.84. The molecule has 1 fully saturated rings. The molecule has 1 N–H and O–H groups in total. The molecule has 2 aromatic rings. The number of aliphatic carboxylic acids is 1. The molecule has 1 aliphatic heterocycles. The number of ether oxygens (including phenoxy) is 1. The highest BCUT2D eigenvalue weighted by molar-refractivity contribution is 5.83. The molecular weight excluding hydrogens is 454 g/mol. The van der Waals surface area contributed by atoms with Crippen LogP contribution in [0.3, 0.4) is 0 Å². The summed E-state index contributed by atoms with van der Waals surface area (Å²) in [6.45, 7) is 5.41. The highest BCUT2D eigenvalue weighted by Gasteiger charge is 2.28. The zero-order chi connectivity index (χ0) is 25.7. The second-order valence-corrected chi connectivity index (χ2v) is 10.6. The van der Waals surface area contributed by atoms with Crippen LogP contribution >= 0.6 is 0 Å². The van der Waals surface area contributed by atoms with Gasteiger partial charge in [0.05, 0.1) is 0 Å². The number of carboxylic acid groups (broad SMARTS) is 1. The molecule has 0 atom stereocenters. The predicted molar refractivity (Wildman–Crippen MR) is 138 cm³/mol. The monoisotopic (exact) mass is 491 g/mol. The van der Waals surface area contributed by atoms with Gasteiger partial charge in [-0.25, -0.2) is 4.79 Å². The molecule has 0 aromatic heterocycles. The first-order chi connectivity index (χ1) is 17.3. The van der Waals surface area contributed by atoms with E-state index in [-0.39, 0.29) is 30.3 Å². The van der Waals surface area contributed by atoms with Crippen molar-refractivity contribution in [2.75, 3.05) is 6.54 Å². The maximum absolute atomic E-state index is 12.8. The summed E-state index contributed by atoms with van der Waals surface area (Å²) in [5, 5.41) is 8.97. The number of Topliss-reactive ketones (excluding diaryl/α,β-unsaturated/α-hetero) is 1. The third-order valence-electron chi connectivity index (χ3n) is 7.53. The molecule has 1 saturated carbocycles. The van der Waals surface area contributed by atoms with Crippen LogP contribution in [0.25, 0.3) is 0 Å². The number of carboxylic acids is 1. The van der Waals surface area contributed by atoms with Gasteiger partial charge in [0.1, 0.15) is 11.9 Å². The predicted octanol–water partition coefficient (Wildman–Crippen LogP) is 5.69. The summed E-state index contributed by atoms with van der Waals surface area (Å²) >= 11 is 0. The van der Waals surface area contributed by atoms with E-state index < -0.39 is 5.97 Å². The number of carbonyl (C=O) groups excluding carboxylic acids is 2. The van der Waals surface area contributed by atoms with E-state index in [0.717, 1.165) is 48.8 Å². The number of benzene rings is 2. The van der Waals surface area contributed by atoms with Crippen LogP contribution in [0.5, 0.6) is 0 Å². The molecule has 0 unspecified atom stereocenters. The van der Waals surface area contributed by atoms with E-state index in [1.165, 1.54) is 11.1 Å². The van der Waals surface area contributed by atoms with Gasteiger partial charge in [0.25, 0.3) is 0 Å². The maximum atomic E-state index is 12.8. The Labute approximate surface area is 213 Å². The lowest BCUT2D eigenvalue weighted by Crippen LogP contribution is -2.39. The number of ketones is 1. The molecule has 4 rings (SSSR count). The molecule has 6 nitrogen and oxygen atoms in total. The van der Waals surface area contributed by atoms with Gasteiger partial charge in [0.2, 0.25) is 0 Å². The topological polar surface area (TPSA) is 83.9 Å². The Bertz CT molecular complexity index is 1100. The maximum Gasteiger partial charge on any atom is 0.410 e. The van der Waals surface area contributed by atoms with E-state index in [2.05, 4.69) is 32.0 Å². The van der Waals surface area contributed by atoms with Crippen molar-refractivity contribution in [3.8, 4) is 0 Å². The molecule has 1 heterocycles. The van der Waals surface area contributed by atoms with Gasteiger partial charge >= 0.3 is 12.1 Å². The minimum Gasteiger partial charge on any atom is -0.481 e. The SMILES string of the molecule is CC(C)c1ccccc1CC(=O)Cc1ccc2c(c1)CCN(C(=O)OC1CCC(CC(=O)O)CC1)C2. The third kappa shape index (κ3) is 6.74. The first-order valence-electron chi connectivity index (χ1n) is 13.2. The van der Waals surface area contributed by atoms with Crippen LogP contribution < -0.4 is 0 Å². The number of hydrogen-bond acceptors (Lipinski definition) is 4. The van der Waals surface area contributed by atoms with Gasteiger partial charge < -0.3 is 14.7 Å². The summed E-state index contributed by atoms with van der Waals surface area (Å²) in [7, 11) is 0. The second-order valence-electron chi connectivity index (χ2n) is 10.6. The minimum absolute atomic E-state index is 0.127. The number of fused-ring (bicyclic) bond motifs is 1. The number of rotatable bonds is 8. The molecule has 0 saturated heterocycles. The van der Waals surface area contributed by atoms with Crippen LogP contribution in [-0.2, 0) is 40.1 Å². The van der Waals surface area contributed by atoms with Crippen molar-refractivity contribution in [1.29, 1.82) is 0 Å². The summed E-state index contributed by atoms with van der Waals surface area (Å²) in [6, 6.07) is 14.3. The Balaban J connectivity index is 1.29. The zero-order valence-electron chi connectivity index (χ0n) is 21.4. The summed E-state index contributed by atoms with van der Waals surface area (Å²) in [6.07, 6.45) is 4.43. The van der Waals surface area contributed by atoms with Crippen molar-refractivity contribution in [3.05, 3.63) is 70.3 Å². The molecule has 0 spiro atoms. The Morgan fingerprint density at radius 2 is 1.75 bits per heavy atom.